The molecule has 1 fully saturated rings. The first-order valence-corrected chi connectivity index (χ1v) is 17.2. The van der Waals surface area contributed by atoms with Crippen molar-refractivity contribution in [2.45, 2.75) is 74.4 Å². The van der Waals surface area contributed by atoms with Crippen molar-refractivity contribution in [1.29, 1.82) is 0 Å². The predicted octanol–water partition coefficient (Wildman–Crippen LogP) is 6.43. The SMILES string of the molecule is CSc1ccc(S(=O)(=O)N(CC(=O)N(Cc2cccc(Cl)c2)[C@@H](C)C(=O)NC2CCCCC2)c2ccc(C)cc2)cc1. The van der Waals surface area contributed by atoms with Crippen molar-refractivity contribution in [3.63, 3.8) is 0 Å². The second-order valence-electron chi connectivity index (χ2n) is 10.7. The van der Waals surface area contributed by atoms with Crippen LogP contribution in [-0.4, -0.2) is 50.0 Å². The van der Waals surface area contributed by atoms with Crippen molar-refractivity contribution in [3.05, 3.63) is 88.9 Å². The van der Waals surface area contributed by atoms with Crippen molar-refractivity contribution in [2.24, 2.45) is 0 Å². The van der Waals surface area contributed by atoms with Gasteiger partial charge in [0.1, 0.15) is 12.6 Å². The number of thioether (sulfide) groups is 1. The van der Waals surface area contributed by atoms with Gasteiger partial charge in [-0.05, 0) is 87.0 Å². The molecule has 2 amide bonds. The molecule has 1 aliphatic carbocycles. The highest BCUT2D eigenvalue weighted by Gasteiger charge is 2.33. The van der Waals surface area contributed by atoms with Gasteiger partial charge in [0.2, 0.25) is 11.8 Å². The summed E-state index contributed by atoms with van der Waals surface area (Å²) in [4.78, 5) is 30.0. The lowest BCUT2D eigenvalue weighted by Crippen LogP contribution is -2.53. The third-order valence-corrected chi connectivity index (χ3v) is 10.4. The Hall–Kier alpha value is -3.01. The van der Waals surface area contributed by atoms with Gasteiger partial charge in [0.15, 0.2) is 0 Å². The van der Waals surface area contributed by atoms with Crippen LogP contribution in [0, 0.1) is 6.92 Å². The summed E-state index contributed by atoms with van der Waals surface area (Å²) in [6.07, 6.45) is 7.02. The molecule has 0 saturated heterocycles. The van der Waals surface area contributed by atoms with Crippen LogP contribution in [0.3, 0.4) is 0 Å². The first-order valence-electron chi connectivity index (χ1n) is 14.2. The molecule has 0 unspecified atom stereocenters. The Balaban J connectivity index is 1.67. The fraction of sp³-hybridized carbons (Fsp3) is 0.375. The maximum Gasteiger partial charge on any atom is 0.264 e. The highest BCUT2D eigenvalue weighted by molar-refractivity contribution is 7.98. The second kappa shape index (κ2) is 14.4. The van der Waals surface area contributed by atoms with Crippen LogP contribution in [-0.2, 0) is 26.2 Å². The van der Waals surface area contributed by atoms with E-state index in [1.807, 2.05) is 31.4 Å². The van der Waals surface area contributed by atoms with Crippen molar-refractivity contribution >= 4 is 50.9 Å². The molecular formula is C32H38ClN3O4S2. The van der Waals surface area contributed by atoms with Crippen molar-refractivity contribution in [3.8, 4) is 0 Å². The average Bonchev–Trinajstić information content (AvgIpc) is 2.99. The molecule has 7 nitrogen and oxygen atoms in total. The quantitative estimate of drug-likeness (QED) is 0.248. The van der Waals surface area contributed by atoms with E-state index in [0.29, 0.717) is 10.7 Å². The Morgan fingerprint density at radius 1 is 1.00 bits per heavy atom. The molecule has 224 valence electrons. The zero-order chi connectivity index (χ0) is 30.3. The summed E-state index contributed by atoms with van der Waals surface area (Å²) in [7, 11) is -4.11. The smallest absolute Gasteiger partial charge is 0.264 e. The lowest BCUT2D eigenvalue weighted by Gasteiger charge is -2.33. The first kappa shape index (κ1) is 31.9. The third kappa shape index (κ3) is 8.08. The molecule has 0 radical (unpaired) electrons. The highest BCUT2D eigenvalue weighted by Crippen LogP contribution is 2.27. The molecule has 3 aromatic carbocycles. The second-order valence-corrected chi connectivity index (χ2v) is 13.9. The van der Waals surface area contributed by atoms with Gasteiger partial charge in [-0.25, -0.2) is 8.42 Å². The van der Waals surface area contributed by atoms with Crippen LogP contribution < -0.4 is 9.62 Å². The maximum absolute atomic E-state index is 14.1. The zero-order valence-corrected chi connectivity index (χ0v) is 26.6. The van der Waals surface area contributed by atoms with Gasteiger partial charge in [0.05, 0.1) is 10.6 Å². The van der Waals surface area contributed by atoms with Gasteiger partial charge in [-0.2, -0.15) is 0 Å². The van der Waals surface area contributed by atoms with Crippen LogP contribution in [0.25, 0.3) is 0 Å². The Morgan fingerprint density at radius 2 is 1.67 bits per heavy atom. The largest absolute Gasteiger partial charge is 0.352 e. The Kier molecular flexibility index (Phi) is 11.0. The molecule has 1 saturated carbocycles. The summed E-state index contributed by atoms with van der Waals surface area (Å²) in [5, 5.41) is 3.63. The lowest BCUT2D eigenvalue weighted by atomic mass is 9.95. The van der Waals surface area contributed by atoms with Gasteiger partial charge < -0.3 is 10.2 Å². The van der Waals surface area contributed by atoms with E-state index in [2.05, 4.69) is 5.32 Å². The summed E-state index contributed by atoms with van der Waals surface area (Å²) in [6, 6.07) is 19.9. The molecule has 1 aliphatic rings. The fourth-order valence-corrected chi connectivity index (χ4v) is 7.13. The zero-order valence-electron chi connectivity index (χ0n) is 24.3. The summed E-state index contributed by atoms with van der Waals surface area (Å²) in [6.45, 7) is 3.22. The van der Waals surface area contributed by atoms with Gasteiger partial charge >= 0.3 is 0 Å². The van der Waals surface area contributed by atoms with E-state index in [-0.39, 0.29) is 23.4 Å². The Morgan fingerprint density at radius 3 is 2.29 bits per heavy atom. The van der Waals surface area contributed by atoms with E-state index >= 15 is 0 Å². The number of rotatable bonds is 11. The van der Waals surface area contributed by atoms with Crippen molar-refractivity contribution in [2.75, 3.05) is 17.1 Å². The van der Waals surface area contributed by atoms with E-state index < -0.39 is 28.5 Å². The molecule has 0 spiro atoms. The molecule has 1 atom stereocenters. The third-order valence-electron chi connectivity index (χ3n) is 7.61. The number of nitrogens with zero attached hydrogens (tertiary/aromatic N) is 2. The minimum Gasteiger partial charge on any atom is -0.352 e. The molecule has 1 N–H and O–H groups in total. The molecule has 0 bridgehead atoms. The molecule has 42 heavy (non-hydrogen) atoms. The number of sulfonamides is 1. The van der Waals surface area contributed by atoms with E-state index in [9.17, 15) is 18.0 Å². The number of anilines is 1. The minimum atomic E-state index is -4.11. The monoisotopic (exact) mass is 627 g/mol. The normalized spacial score (nSPS) is 14.7. The fourth-order valence-electron chi connectivity index (χ4n) is 5.10. The average molecular weight is 628 g/mol. The molecule has 0 heterocycles. The van der Waals surface area contributed by atoms with Gasteiger partial charge in [-0.15, -0.1) is 11.8 Å². The summed E-state index contributed by atoms with van der Waals surface area (Å²) < 4.78 is 29.1. The Bertz CT molecular complexity index is 1470. The van der Waals surface area contributed by atoms with Gasteiger partial charge in [0, 0.05) is 22.5 Å². The number of halogens is 1. The topological polar surface area (TPSA) is 86.8 Å². The van der Waals surface area contributed by atoms with Gasteiger partial charge in [-0.1, -0.05) is 60.7 Å². The first-order chi connectivity index (χ1) is 20.1. The molecule has 0 aromatic heterocycles. The number of carbonyl (C=O) groups excluding carboxylic acids is 2. The van der Waals surface area contributed by atoms with Crippen LogP contribution >= 0.6 is 23.4 Å². The molecule has 0 aliphatic heterocycles. The number of aryl methyl sites for hydroxylation is 1. The van der Waals surface area contributed by atoms with Crippen LogP contribution in [0.2, 0.25) is 5.02 Å². The summed E-state index contributed by atoms with van der Waals surface area (Å²) >= 11 is 7.75. The van der Waals surface area contributed by atoms with Gasteiger partial charge in [-0.3, -0.25) is 13.9 Å². The molecule has 4 rings (SSSR count). The highest BCUT2D eigenvalue weighted by atomic mass is 35.5. The van der Waals surface area contributed by atoms with E-state index in [0.717, 1.165) is 52.4 Å². The molecule has 10 heteroatoms. The number of hydrogen-bond donors (Lipinski definition) is 1. The number of amides is 2. The lowest BCUT2D eigenvalue weighted by molar-refractivity contribution is -0.139. The van der Waals surface area contributed by atoms with Gasteiger partial charge in [0.25, 0.3) is 10.0 Å². The van der Waals surface area contributed by atoms with Crippen LogP contribution in [0.5, 0.6) is 0 Å². The van der Waals surface area contributed by atoms with Crippen LogP contribution in [0.1, 0.15) is 50.2 Å². The maximum atomic E-state index is 14.1. The Labute approximate surface area is 258 Å². The van der Waals surface area contributed by atoms with Crippen LogP contribution in [0.15, 0.2) is 82.6 Å². The van der Waals surface area contributed by atoms with E-state index in [1.54, 1.807) is 61.5 Å². The van der Waals surface area contributed by atoms with Crippen molar-refractivity contribution < 1.29 is 18.0 Å². The van der Waals surface area contributed by atoms with Crippen LogP contribution in [0.4, 0.5) is 5.69 Å². The number of carbonyl (C=O) groups is 2. The summed E-state index contributed by atoms with van der Waals surface area (Å²) in [5.41, 5.74) is 2.07. The standard InChI is InChI=1S/C32H38ClN3O4S2/c1-23-12-14-28(15-13-23)36(42(39,40)30-18-16-29(41-3)17-19-30)22-31(37)35(21-25-8-7-9-26(33)20-25)24(2)32(38)34-27-10-5-4-6-11-27/h7-9,12-20,24,27H,4-6,10-11,21-22H2,1-3H3,(H,34,38)/t24-/m0/s1. The molecular weight excluding hydrogens is 590 g/mol. The van der Waals surface area contributed by atoms with Crippen molar-refractivity contribution in [1.82, 2.24) is 10.2 Å². The van der Waals surface area contributed by atoms with E-state index in [1.165, 1.54) is 16.7 Å². The molecule has 3 aromatic rings. The van der Waals surface area contributed by atoms with E-state index in [4.69, 9.17) is 11.6 Å². The number of hydrogen-bond acceptors (Lipinski definition) is 5. The summed E-state index contributed by atoms with van der Waals surface area (Å²) in [5.74, 6) is -0.749. The number of benzene rings is 3. The predicted molar refractivity (Wildman–Crippen MR) is 170 cm³/mol. The number of nitrogens with one attached hydrogen (secondary N) is 1. The minimum absolute atomic E-state index is 0.0745.